The minimum atomic E-state index is -0.770. The molecule has 1 aliphatic heterocycles. The van der Waals surface area contributed by atoms with Crippen LogP contribution in [0.3, 0.4) is 0 Å². The lowest BCUT2D eigenvalue weighted by atomic mass is 10.1. The van der Waals surface area contributed by atoms with Crippen LogP contribution in [0.5, 0.6) is 0 Å². The second-order valence-electron chi connectivity index (χ2n) is 6.91. The Morgan fingerprint density at radius 3 is 2.76 bits per heavy atom. The molecule has 1 saturated heterocycles. The Balaban J connectivity index is 1.50. The number of benzene rings is 2. The lowest BCUT2D eigenvalue weighted by Crippen LogP contribution is -2.34. The third-order valence-electron chi connectivity index (χ3n) is 5.03. The van der Waals surface area contributed by atoms with Gasteiger partial charge in [0.25, 0.3) is 0 Å². The number of amides is 2. The van der Waals surface area contributed by atoms with E-state index < -0.39 is 17.7 Å². The van der Waals surface area contributed by atoms with Crippen LogP contribution in [0, 0.1) is 11.6 Å². The van der Waals surface area contributed by atoms with Crippen molar-refractivity contribution in [1.29, 1.82) is 0 Å². The summed E-state index contributed by atoms with van der Waals surface area (Å²) in [4.78, 5) is 18.6. The molecule has 1 aromatic heterocycles. The maximum absolute atomic E-state index is 14.0. The van der Waals surface area contributed by atoms with Gasteiger partial charge in [0, 0.05) is 18.3 Å². The molecular weight excluding hydrogens is 378 g/mol. The summed E-state index contributed by atoms with van der Waals surface area (Å²) in [6.45, 7) is 2.62. The summed E-state index contributed by atoms with van der Waals surface area (Å²) in [6.07, 6.45) is 2.38. The van der Waals surface area contributed by atoms with Crippen LogP contribution in [0.2, 0.25) is 0 Å². The van der Waals surface area contributed by atoms with E-state index in [0.717, 1.165) is 25.0 Å². The Morgan fingerprint density at radius 2 is 2.03 bits per heavy atom. The molecular formula is C21H20F2N4O2. The highest BCUT2D eigenvalue weighted by molar-refractivity contribution is 5.89. The molecule has 29 heavy (non-hydrogen) atoms. The molecule has 3 aromatic rings. The van der Waals surface area contributed by atoms with Crippen LogP contribution >= 0.6 is 0 Å². The standard InChI is InChI=1S/C21H20F2N4O2/c1-2-13-5-8-15(9-6-13)24-21(28)27-11-3-4-18(27)20-25-19(26-29-20)16-10-7-14(22)12-17(16)23/h5-10,12,18H,2-4,11H2,1H3,(H,24,28). The van der Waals surface area contributed by atoms with E-state index in [0.29, 0.717) is 18.7 Å². The van der Waals surface area contributed by atoms with Gasteiger partial charge in [0.05, 0.1) is 5.56 Å². The number of urea groups is 1. The molecule has 2 amide bonds. The molecule has 0 saturated carbocycles. The van der Waals surface area contributed by atoms with Crippen LogP contribution in [-0.4, -0.2) is 27.6 Å². The number of aromatic nitrogens is 2. The van der Waals surface area contributed by atoms with E-state index in [1.807, 2.05) is 24.3 Å². The number of hydrogen-bond donors (Lipinski definition) is 1. The predicted octanol–water partition coefficient (Wildman–Crippen LogP) is 4.95. The van der Waals surface area contributed by atoms with Crippen molar-refractivity contribution in [2.45, 2.75) is 32.2 Å². The number of carbonyl (C=O) groups excluding carboxylic acids is 1. The summed E-state index contributed by atoms with van der Waals surface area (Å²) in [7, 11) is 0. The van der Waals surface area contributed by atoms with Gasteiger partial charge in [-0.15, -0.1) is 0 Å². The normalized spacial score (nSPS) is 16.2. The number of nitrogens with one attached hydrogen (secondary N) is 1. The average molecular weight is 398 g/mol. The SMILES string of the molecule is CCc1ccc(NC(=O)N2CCCC2c2nc(-c3ccc(F)cc3F)no2)cc1. The van der Waals surface area contributed by atoms with E-state index in [9.17, 15) is 13.6 Å². The number of halogens is 2. The van der Waals surface area contributed by atoms with Crippen molar-refractivity contribution in [3.63, 3.8) is 0 Å². The molecule has 150 valence electrons. The minimum Gasteiger partial charge on any atom is -0.337 e. The molecule has 2 heterocycles. The Morgan fingerprint density at radius 1 is 1.24 bits per heavy atom. The summed E-state index contributed by atoms with van der Waals surface area (Å²) < 4.78 is 32.4. The highest BCUT2D eigenvalue weighted by Crippen LogP contribution is 2.33. The molecule has 0 spiro atoms. The van der Waals surface area contributed by atoms with Gasteiger partial charge in [-0.2, -0.15) is 4.98 Å². The lowest BCUT2D eigenvalue weighted by Gasteiger charge is -2.22. The Kier molecular flexibility index (Phi) is 5.24. The van der Waals surface area contributed by atoms with Gasteiger partial charge in [0.1, 0.15) is 17.7 Å². The molecule has 0 radical (unpaired) electrons. The number of hydrogen-bond acceptors (Lipinski definition) is 4. The molecule has 2 aromatic carbocycles. The van der Waals surface area contributed by atoms with Crippen molar-refractivity contribution in [2.75, 3.05) is 11.9 Å². The second-order valence-corrected chi connectivity index (χ2v) is 6.91. The third kappa shape index (κ3) is 3.96. The zero-order valence-corrected chi connectivity index (χ0v) is 15.9. The smallest absolute Gasteiger partial charge is 0.322 e. The fourth-order valence-electron chi connectivity index (χ4n) is 3.44. The summed E-state index contributed by atoms with van der Waals surface area (Å²) in [6, 6.07) is 10.2. The molecule has 1 fully saturated rings. The van der Waals surface area contributed by atoms with Crippen molar-refractivity contribution in [3.8, 4) is 11.4 Å². The van der Waals surface area contributed by atoms with Gasteiger partial charge >= 0.3 is 6.03 Å². The molecule has 0 aliphatic carbocycles. The first-order valence-electron chi connectivity index (χ1n) is 9.50. The molecule has 8 heteroatoms. The topological polar surface area (TPSA) is 71.3 Å². The van der Waals surface area contributed by atoms with Crippen LogP contribution in [0.15, 0.2) is 47.0 Å². The number of nitrogens with zero attached hydrogens (tertiary/aromatic N) is 3. The average Bonchev–Trinajstić information content (AvgIpc) is 3.38. The minimum absolute atomic E-state index is 0.0277. The van der Waals surface area contributed by atoms with Crippen molar-refractivity contribution in [3.05, 3.63) is 65.6 Å². The Labute approximate surface area is 166 Å². The van der Waals surface area contributed by atoms with Crippen molar-refractivity contribution < 1.29 is 18.1 Å². The predicted molar refractivity (Wildman–Crippen MR) is 103 cm³/mol. The van der Waals surface area contributed by atoms with Crippen LogP contribution in [-0.2, 0) is 6.42 Å². The molecule has 1 N–H and O–H groups in total. The maximum Gasteiger partial charge on any atom is 0.322 e. The van der Waals surface area contributed by atoms with E-state index in [1.165, 1.54) is 11.6 Å². The number of likely N-dealkylation sites (tertiary alicyclic amines) is 1. The fraction of sp³-hybridized carbons (Fsp3) is 0.286. The fourth-order valence-corrected chi connectivity index (χ4v) is 3.44. The molecule has 1 aliphatic rings. The highest BCUT2D eigenvalue weighted by Gasteiger charge is 2.34. The van der Waals surface area contributed by atoms with E-state index >= 15 is 0 Å². The van der Waals surface area contributed by atoms with Gasteiger partial charge in [-0.05, 0) is 49.1 Å². The van der Waals surface area contributed by atoms with E-state index in [4.69, 9.17) is 4.52 Å². The van der Waals surface area contributed by atoms with E-state index in [1.54, 1.807) is 4.90 Å². The molecule has 4 rings (SSSR count). The molecule has 1 unspecified atom stereocenters. The monoisotopic (exact) mass is 398 g/mol. The summed E-state index contributed by atoms with van der Waals surface area (Å²) in [5.41, 5.74) is 1.94. The van der Waals surface area contributed by atoms with Crippen LogP contribution in [0.4, 0.5) is 19.3 Å². The first-order valence-corrected chi connectivity index (χ1v) is 9.50. The van der Waals surface area contributed by atoms with Gasteiger partial charge in [-0.3, -0.25) is 0 Å². The first-order chi connectivity index (χ1) is 14.0. The molecule has 1 atom stereocenters. The quantitative estimate of drug-likeness (QED) is 0.675. The van der Waals surface area contributed by atoms with Crippen LogP contribution < -0.4 is 5.32 Å². The van der Waals surface area contributed by atoms with E-state index in [-0.39, 0.29) is 23.3 Å². The largest absolute Gasteiger partial charge is 0.337 e. The molecule has 0 bridgehead atoms. The Bertz CT molecular complexity index is 1020. The van der Waals surface area contributed by atoms with Crippen LogP contribution in [0.1, 0.15) is 37.3 Å². The number of carbonyl (C=O) groups is 1. The van der Waals surface area contributed by atoms with E-state index in [2.05, 4.69) is 22.4 Å². The zero-order valence-electron chi connectivity index (χ0n) is 15.9. The van der Waals surface area contributed by atoms with Crippen molar-refractivity contribution in [1.82, 2.24) is 15.0 Å². The third-order valence-corrected chi connectivity index (χ3v) is 5.03. The highest BCUT2D eigenvalue weighted by atomic mass is 19.1. The molecule has 6 nitrogen and oxygen atoms in total. The number of rotatable bonds is 4. The maximum atomic E-state index is 14.0. The van der Waals surface area contributed by atoms with Gasteiger partial charge in [-0.1, -0.05) is 24.2 Å². The zero-order chi connectivity index (χ0) is 20.4. The summed E-state index contributed by atoms with van der Waals surface area (Å²) in [5, 5.41) is 6.70. The van der Waals surface area contributed by atoms with Gasteiger partial charge in [0.15, 0.2) is 0 Å². The lowest BCUT2D eigenvalue weighted by molar-refractivity contribution is 0.193. The van der Waals surface area contributed by atoms with Gasteiger partial charge in [0.2, 0.25) is 11.7 Å². The van der Waals surface area contributed by atoms with Gasteiger partial charge < -0.3 is 14.7 Å². The number of aryl methyl sites for hydroxylation is 1. The second kappa shape index (κ2) is 7.98. The first kappa shape index (κ1) is 19.0. The van der Waals surface area contributed by atoms with Crippen LogP contribution in [0.25, 0.3) is 11.4 Å². The van der Waals surface area contributed by atoms with Gasteiger partial charge in [-0.25, -0.2) is 13.6 Å². The summed E-state index contributed by atoms with van der Waals surface area (Å²) >= 11 is 0. The number of anilines is 1. The van der Waals surface area contributed by atoms with Crippen molar-refractivity contribution >= 4 is 11.7 Å². The Hall–Kier alpha value is -3.29. The van der Waals surface area contributed by atoms with Crippen molar-refractivity contribution in [2.24, 2.45) is 0 Å². The summed E-state index contributed by atoms with van der Waals surface area (Å²) in [5.74, 6) is -1.19.